The van der Waals surface area contributed by atoms with Gasteiger partial charge in [0.05, 0.1) is 12.9 Å². The molecule has 2 rings (SSSR count). The Morgan fingerprint density at radius 2 is 2.09 bits per heavy atom. The number of hydrogen-bond donors (Lipinski definition) is 2. The van der Waals surface area contributed by atoms with Crippen molar-refractivity contribution >= 4 is 5.96 Å². The molecule has 0 bridgehead atoms. The molecule has 0 unspecified atom stereocenters. The second-order valence-corrected chi connectivity index (χ2v) is 5.23. The highest BCUT2D eigenvalue weighted by Crippen LogP contribution is 2.07. The normalized spacial score (nSPS) is 11.6. The van der Waals surface area contributed by atoms with Gasteiger partial charge in [-0.1, -0.05) is 24.3 Å². The summed E-state index contributed by atoms with van der Waals surface area (Å²) >= 11 is 0. The van der Waals surface area contributed by atoms with Gasteiger partial charge in [-0.05, 0) is 24.5 Å². The van der Waals surface area contributed by atoms with Crippen LogP contribution in [0.3, 0.4) is 0 Å². The van der Waals surface area contributed by atoms with E-state index in [4.69, 9.17) is 10.5 Å². The minimum absolute atomic E-state index is 0.476. The smallest absolute Gasteiger partial charge is 0.188 e. The van der Waals surface area contributed by atoms with E-state index in [1.54, 1.807) is 6.20 Å². The standard InChI is InChI=1S/C17H25N5O/c1-2-23-11-3-8-20-17(18)21-12-15-4-6-16(7-5-15)13-22-10-9-19-14-22/h4-7,9-10,14H,2-3,8,11-13H2,1H3,(H3,18,20,21). The summed E-state index contributed by atoms with van der Waals surface area (Å²) in [6.45, 7) is 5.67. The monoisotopic (exact) mass is 315 g/mol. The number of hydrogen-bond acceptors (Lipinski definition) is 3. The summed E-state index contributed by atoms with van der Waals surface area (Å²) in [5.41, 5.74) is 8.22. The zero-order valence-electron chi connectivity index (χ0n) is 13.6. The Bertz CT molecular complexity index is 578. The molecule has 0 radical (unpaired) electrons. The van der Waals surface area contributed by atoms with E-state index in [2.05, 4.69) is 39.6 Å². The molecule has 2 aromatic rings. The van der Waals surface area contributed by atoms with Crippen molar-refractivity contribution in [3.63, 3.8) is 0 Å². The fraction of sp³-hybridized carbons (Fsp3) is 0.412. The van der Waals surface area contributed by atoms with E-state index in [-0.39, 0.29) is 0 Å². The Morgan fingerprint density at radius 3 is 2.78 bits per heavy atom. The maximum atomic E-state index is 5.84. The fourth-order valence-electron chi connectivity index (χ4n) is 2.11. The summed E-state index contributed by atoms with van der Waals surface area (Å²) < 4.78 is 7.31. The van der Waals surface area contributed by atoms with Crippen molar-refractivity contribution in [1.82, 2.24) is 14.9 Å². The van der Waals surface area contributed by atoms with Crippen LogP contribution in [0.1, 0.15) is 24.5 Å². The van der Waals surface area contributed by atoms with Crippen molar-refractivity contribution in [1.29, 1.82) is 0 Å². The lowest BCUT2D eigenvalue weighted by atomic mass is 10.1. The van der Waals surface area contributed by atoms with Crippen LogP contribution in [0.5, 0.6) is 0 Å². The number of aliphatic imine (C=N–C) groups is 1. The molecular formula is C17H25N5O. The molecule has 0 saturated heterocycles. The molecule has 6 nitrogen and oxygen atoms in total. The van der Waals surface area contributed by atoms with Gasteiger partial charge in [0.1, 0.15) is 0 Å². The van der Waals surface area contributed by atoms with Gasteiger partial charge >= 0.3 is 0 Å². The quantitative estimate of drug-likeness (QED) is 0.420. The number of aromatic nitrogens is 2. The van der Waals surface area contributed by atoms with Crippen molar-refractivity contribution in [3.8, 4) is 0 Å². The zero-order chi connectivity index (χ0) is 16.3. The molecule has 3 N–H and O–H groups in total. The maximum absolute atomic E-state index is 5.84. The van der Waals surface area contributed by atoms with Crippen LogP contribution in [0.25, 0.3) is 0 Å². The van der Waals surface area contributed by atoms with Gasteiger partial charge in [0.15, 0.2) is 5.96 Å². The number of ether oxygens (including phenoxy) is 1. The van der Waals surface area contributed by atoms with E-state index in [1.807, 2.05) is 24.0 Å². The molecule has 1 aromatic heterocycles. The molecule has 0 aliphatic carbocycles. The second kappa shape index (κ2) is 9.63. The molecule has 0 amide bonds. The Hall–Kier alpha value is -2.34. The number of nitrogens with one attached hydrogen (secondary N) is 1. The van der Waals surface area contributed by atoms with Crippen LogP contribution in [-0.2, 0) is 17.8 Å². The zero-order valence-corrected chi connectivity index (χ0v) is 13.6. The first-order valence-corrected chi connectivity index (χ1v) is 7.93. The molecule has 0 saturated carbocycles. The highest BCUT2D eigenvalue weighted by molar-refractivity contribution is 5.77. The average molecular weight is 315 g/mol. The van der Waals surface area contributed by atoms with Gasteiger partial charge < -0.3 is 20.4 Å². The predicted octanol–water partition coefficient (Wildman–Crippen LogP) is 1.76. The van der Waals surface area contributed by atoms with Crippen LogP contribution >= 0.6 is 0 Å². The summed E-state index contributed by atoms with van der Waals surface area (Å²) in [5.74, 6) is 0.476. The van der Waals surface area contributed by atoms with E-state index in [0.29, 0.717) is 12.5 Å². The van der Waals surface area contributed by atoms with Gasteiger partial charge in [0.2, 0.25) is 0 Å². The largest absolute Gasteiger partial charge is 0.382 e. The first-order chi connectivity index (χ1) is 11.3. The molecule has 23 heavy (non-hydrogen) atoms. The molecule has 0 atom stereocenters. The summed E-state index contributed by atoms with van der Waals surface area (Å²) in [5, 5.41) is 3.09. The van der Waals surface area contributed by atoms with Crippen LogP contribution < -0.4 is 11.1 Å². The summed E-state index contributed by atoms with van der Waals surface area (Å²) in [6.07, 6.45) is 6.48. The lowest BCUT2D eigenvalue weighted by molar-refractivity contribution is 0.145. The Labute approximate surface area is 137 Å². The van der Waals surface area contributed by atoms with E-state index >= 15 is 0 Å². The highest BCUT2D eigenvalue weighted by atomic mass is 16.5. The minimum atomic E-state index is 0.476. The number of nitrogens with zero attached hydrogens (tertiary/aromatic N) is 3. The fourth-order valence-corrected chi connectivity index (χ4v) is 2.11. The van der Waals surface area contributed by atoms with Crippen molar-refractivity contribution in [2.45, 2.75) is 26.4 Å². The van der Waals surface area contributed by atoms with E-state index in [0.717, 1.165) is 38.3 Å². The molecular weight excluding hydrogens is 290 g/mol. The van der Waals surface area contributed by atoms with Crippen molar-refractivity contribution < 1.29 is 4.74 Å². The lowest BCUT2D eigenvalue weighted by Gasteiger charge is -2.06. The SMILES string of the molecule is CCOCCCNC(N)=NCc1ccc(Cn2ccnc2)cc1. The molecule has 0 spiro atoms. The van der Waals surface area contributed by atoms with Crippen molar-refractivity contribution in [2.24, 2.45) is 10.7 Å². The minimum Gasteiger partial charge on any atom is -0.382 e. The van der Waals surface area contributed by atoms with E-state index in [9.17, 15) is 0 Å². The molecule has 0 aliphatic rings. The molecule has 0 aliphatic heterocycles. The third kappa shape index (κ3) is 6.52. The Morgan fingerprint density at radius 1 is 1.30 bits per heavy atom. The summed E-state index contributed by atoms with van der Waals surface area (Å²) in [7, 11) is 0. The van der Waals surface area contributed by atoms with Crippen LogP contribution in [0, 0.1) is 0 Å². The van der Waals surface area contributed by atoms with Gasteiger partial charge in [-0.2, -0.15) is 0 Å². The third-order valence-corrected chi connectivity index (χ3v) is 3.35. The average Bonchev–Trinajstić information content (AvgIpc) is 3.07. The van der Waals surface area contributed by atoms with Crippen LogP contribution in [0.15, 0.2) is 48.0 Å². The molecule has 1 aromatic carbocycles. The van der Waals surface area contributed by atoms with Gasteiger partial charge in [-0.25, -0.2) is 9.98 Å². The van der Waals surface area contributed by atoms with E-state index in [1.165, 1.54) is 5.56 Å². The molecule has 124 valence electrons. The lowest BCUT2D eigenvalue weighted by Crippen LogP contribution is -2.32. The molecule has 0 fully saturated rings. The predicted molar refractivity (Wildman–Crippen MR) is 92.2 cm³/mol. The molecule has 1 heterocycles. The third-order valence-electron chi connectivity index (χ3n) is 3.35. The number of nitrogens with two attached hydrogens (primary N) is 1. The van der Waals surface area contributed by atoms with E-state index < -0.39 is 0 Å². The van der Waals surface area contributed by atoms with Gasteiger partial charge in [-0.3, -0.25) is 0 Å². The van der Waals surface area contributed by atoms with Crippen LogP contribution in [0.4, 0.5) is 0 Å². The summed E-state index contributed by atoms with van der Waals surface area (Å²) in [6, 6.07) is 8.38. The highest BCUT2D eigenvalue weighted by Gasteiger charge is 1.97. The van der Waals surface area contributed by atoms with Crippen LogP contribution in [-0.4, -0.2) is 35.3 Å². The van der Waals surface area contributed by atoms with Gasteiger partial charge in [-0.15, -0.1) is 0 Å². The van der Waals surface area contributed by atoms with Crippen molar-refractivity contribution in [3.05, 3.63) is 54.1 Å². The topological polar surface area (TPSA) is 77.5 Å². The Kier molecular flexibility index (Phi) is 7.13. The van der Waals surface area contributed by atoms with Crippen molar-refractivity contribution in [2.75, 3.05) is 19.8 Å². The second-order valence-electron chi connectivity index (χ2n) is 5.23. The number of rotatable bonds is 9. The van der Waals surface area contributed by atoms with Gasteiger partial charge in [0.25, 0.3) is 0 Å². The first-order valence-electron chi connectivity index (χ1n) is 7.93. The maximum Gasteiger partial charge on any atom is 0.188 e. The van der Waals surface area contributed by atoms with Gasteiger partial charge in [0, 0.05) is 38.7 Å². The summed E-state index contributed by atoms with van der Waals surface area (Å²) in [4.78, 5) is 8.39. The number of benzene rings is 1. The van der Waals surface area contributed by atoms with Crippen LogP contribution in [0.2, 0.25) is 0 Å². The Balaban J connectivity index is 1.73. The number of guanidine groups is 1. The number of imidazole rings is 1. The first kappa shape index (κ1) is 17.0. The molecule has 6 heteroatoms.